The van der Waals surface area contributed by atoms with Crippen molar-refractivity contribution in [2.45, 2.75) is 72.6 Å². The molecule has 0 bridgehead atoms. The van der Waals surface area contributed by atoms with Crippen molar-refractivity contribution < 1.29 is 30.0 Å². The zero-order valence-corrected chi connectivity index (χ0v) is 28.5. The number of pyridine rings is 1. The molecule has 0 spiro atoms. The third-order valence-electron chi connectivity index (χ3n) is 9.29. The molecule has 4 aromatic carbocycles. The molecule has 0 atom stereocenters. The van der Waals surface area contributed by atoms with E-state index in [2.05, 4.69) is 80.6 Å². The van der Waals surface area contributed by atoms with Crippen molar-refractivity contribution >= 4 is 38.1 Å². The normalized spacial score (nSPS) is 13.5. The molecular formula is C39H42IrNO2-. The van der Waals surface area contributed by atoms with Crippen LogP contribution >= 0.6 is 0 Å². The molecule has 1 radical (unpaired) electrons. The summed E-state index contributed by atoms with van der Waals surface area (Å²) in [4.78, 5) is 16.5. The largest absolute Gasteiger partial charge is 0.512 e. The van der Waals surface area contributed by atoms with Gasteiger partial charge in [0, 0.05) is 44.2 Å². The molecule has 0 unspecified atom stereocenters. The van der Waals surface area contributed by atoms with Gasteiger partial charge < -0.3 is 10.1 Å². The fraction of sp³-hybridized carbons (Fsp3) is 0.333. The number of aromatic nitrogens is 1. The molecule has 0 aliphatic heterocycles. The predicted molar refractivity (Wildman–Crippen MR) is 177 cm³/mol. The Balaban J connectivity index is 0.000000230. The number of rotatable bonds is 7. The second-order valence-corrected chi connectivity index (χ2v) is 12.0. The van der Waals surface area contributed by atoms with Gasteiger partial charge in [0.25, 0.3) is 0 Å². The number of fused-ring (bicyclic) bond motifs is 6. The van der Waals surface area contributed by atoms with Gasteiger partial charge >= 0.3 is 0 Å². The minimum absolute atomic E-state index is 0. The molecule has 0 saturated heterocycles. The van der Waals surface area contributed by atoms with Gasteiger partial charge in [0.05, 0.1) is 5.76 Å². The van der Waals surface area contributed by atoms with Crippen LogP contribution in [0.4, 0.5) is 0 Å². The number of aliphatic hydroxyl groups excluding tert-OH is 1. The second kappa shape index (κ2) is 13.5. The number of hydrogen-bond donors (Lipinski definition) is 1. The number of allylic oxidation sites excluding steroid dienone is 2. The van der Waals surface area contributed by atoms with Gasteiger partial charge in [-0.15, -0.1) is 35.4 Å². The molecule has 43 heavy (non-hydrogen) atoms. The van der Waals surface area contributed by atoms with Crippen LogP contribution in [0.2, 0.25) is 0 Å². The van der Waals surface area contributed by atoms with E-state index < -0.39 is 0 Å². The van der Waals surface area contributed by atoms with Crippen molar-refractivity contribution in [3.8, 4) is 11.3 Å². The number of carbonyl (C=O) groups is 1. The first-order valence-corrected chi connectivity index (χ1v) is 15.5. The summed E-state index contributed by atoms with van der Waals surface area (Å²) in [6.45, 7) is 12.7. The molecule has 5 aromatic rings. The van der Waals surface area contributed by atoms with Gasteiger partial charge in [0.1, 0.15) is 0 Å². The molecule has 225 valence electrons. The topological polar surface area (TPSA) is 50.2 Å². The predicted octanol–water partition coefficient (Wildman–Crippen LogP) is 10.5. The van der Waals surface area contributed by atoms with Crippen LogP contribution in [0.15, 0.2) is 84.8 Å². The number of aliphatic hydroxyl groups is 1. The summed E-state index contributed by atoms with van der Waals surface area (Å²) in [7, 11) is 0. The smallest absolute Gasteiger partial charge is 0.162 e. The van der Waals surface area contributed by atoms with Crippen molar-refractivity contribution in [3.05, 3.63) is 102 Å². The Labute approximate surface area is 269 Å². The maximum atomic E-state index is 11.7. The Bertz CT molecular complexity index is 1790. The van der Waals surface area contributed by atoms with Crippen molar-refractivity contribution in [1.82, 2.24) is 4.98 Å². The molecule has 0 saturated carbocycles. The average molecular weight is 749 g/mol. The Morgan fingerprint density at radius 2 is 1.53 bits per heavy atom. The van der Waals surface area contributed by atoms with Crippen molar-refractivity contribution in [3.63, 3.8) is 0 Å². The summed E-state index contributed by atoms with van der Waals surface area (Å²) < 4.78 is 0. The number of carbonyl (C=O) groups excluding carboxylic acids is 1. The fourth-order valence-corrected chi connectivity index (χ4v) is 6.62. The van der Waals surface area contributed by atoms with Gasteiger partial charge in [0.15, 0.2) is 5.78 Å². The number of hydrogen-bond acceptors (Lipinski definition) is 3. The molecule has 3 nitrogen and oxygen atoms in total. The molecule has 1 aromatic heterocycles. The number of ketones is 1. The van der Waals surface area contributed by atoms with E-state index in [0.717, 1.165) is 36.9 Å². The third-order valence-corrected chi connectivity index (χ3v) is 9.29. The van der Waals surface area contributed by atoms with Crippen LogP contribution in [-0.2, 0) is 30.3 Å². The number of benzene rings is 4. The van der Waals surface area contributed by atoms with Crippen LogP contribution in [0.25, 0.3) is 43.6 Å². The molecule has 0 fully saturated rings. The van der Waals surface area contributed by atoms with Crippen molar-refractivity contribution in [2.75, 3.05) is 0 Å². The Hall–Kier alpha value is -3.33. The summed E-state index contributed by atoms with van der Waals surface area (Å²) in [5.74, 6) is 0.547. The van der Waals surface area contributed by atoms with Crippen LogP contribution in [-0.4, -0.2) is 15.9 Å². The molecule has 6 rings (SSSR count). The van der Waals surface area contributed by atoms with Gasteiger partial charge in [-0.25, -0.2) is 0 Å². The summed E-state index contributed by atoms with van der Waals surface area (Å²) >= 11 is 0. The minimum atomic E-state index is -0.0908. The maximum Gasteiger partial charge on any atom is 0.162 e. The van der Waals surface area contributed by atoms with Crippen LogP contribution in [0.5, 0.6) is 0 Å². The number of nitrogens with zero attached hydrogens (tertiary/aromatic N) is 1. The SMILES string of the molecule is CC1(C)c2ccc[c-]c2-c2nccc3c2c1cc1c2ccccc2ccc31.CCC(CC)C(=O)/C=C(\O)C(CC)CC.[Ir]. The van der Waals surface area contributed by atoms with Crippen LogP contribution in [0, 0.1) is 17.9 Å². The first-order chi connectivity index (χ1) is 20.3. The van der Waals surface area contributed by atoms with E-state index in [1.807, 2.05) is 40.0 Å². The molecule has 1 heterocycles. The Morgan fingerprint density at radius 1 is 0.837 bits per heavy atom. The summed E-state index contributed by atoms with van der Waals surface area (Å²) in [5, 5.41) is 17.5. The average Bonchev–Trinajstić information content (AvgIpc) is 3.01. The molecule has 4 heteroatoms. The zero-order chi connectivity index (χ0) is 30.0. The minimum Gasteiger partial charge on any atom is -0.512 e. The quantitative estimate of drug-likeness (QED) is 0.0780. The molecule has 1 aliphatic carbocycles. The zero-order valence-electron chi connectivity index (χ0n) is 26.1. The van der Waals surface area contributed by atoms with E-state index in [9.17, 15) is 9.90 Å². The molecule has 1 aliphatic rings. The van der Waals surface area contributed by atoms with Gasteiger partial charge in [-0.05, 0) is 80.7 Å². The van der Waals surface area contributed by atoms with Crippen LogP contribution < -0.4 is 0 Å². The standard InChI is InChI=1S/C26H18N.C13H24O2.Ir/c1-26(2)22-10-6-5-9-20(22)25-24-19(13-14-27-25)18-12-11-16-7-3-4-8-17(16)21(18)15-23(24)26;1-5-10(6-2)12(14)9-13(15)11(7-3)8-4;/h3-8,10-15H,1-2H3;9-11,14H,5-8H2,1-4H3;/q-1;;/b;12-9-;. The fourth-order valence-electron chi connectivity index (χ4n) is 6.62. The van der Waals surface area contributed by atoms with E-state index in [1.54, 1.807) is 0 Å². The summed E-state index contributed by atoms with van der Waals surface area (Å²) in [6, 6.07) is 27.5. The summed E-state index contributed by atoms with van der Waals surface area (Å²) in [5.41, 5.74) is 4.77. The Morgan fingerprint density at radius 3 is 2.23 bits per heavy atom. The van der Waals surface area contributed by atoms with Crippen molar-refractivity contribution in [1.29, 1.82) is 0 Å². The van der Waals surface area contributed by atoms with Crippen LogP contribution in [0.1, 0.15) is 78.4 Å². The monoisotopic (exact) mass is 749 g/mol. The van der Waals surface area contributed by atoms with E-state index >= 15 is 0 Å². The van der Waals surface area contributed by atoms with Gasteiger partial charge in [-0.2, -0.15) is 0 Å². The van der Waals surface area contributed by atoms with Gasteiger partial charge in [-0.3, -0.25) is 4.79 Å². The van der Waals surface area contributed by atoms with E-state index in [4.69, 9.17) is 4.98 Å². The Kier molecular flexibility index (Phi) is 10.3. The molecule has 0 amide bonds. The molecule has 1 N–H and O–H groups in total. The van der Waals surface area contributed by atoms with Gasteiger partial charge in [0.2, 0.25) is 0 Å². The van der Waals surface area contributed by atoms with Crippen LogP contribution in [0.3, 0.4) is 0 Å². The van der Waals surface area contributed by atoms with E-state index in [0.29, 0.717) is 0 Å². The summed E-state index contributed by atoms with van der Waals surface area (Å²) in [6.07, 6.45) is 6.85. The van der Waals surface area contributed by atoms with E-state index in [1.165, 1.54) is 49.5 Å². The van der Waals surface area contributed by atoms with E-state index in [-0.39, 0.29) is 48.9 Å². The molecular weight excluding hydrogens is 707 g/mol. The van der Waals surface area contributed by atoms with Gasteiger partial charge in [-0.1, -0.05) is 84.0 Å². The second-order valence-electron chi connectivity index (χ2n) is 12.0. The third kappa shape index (κ3) is 5.93. The first kappa shape index (κ1) is 32.6. The van der Waals surface area contributed by atoms with Crippen molar-refractivity contribution in [2.24, 2.45) is 11.8 Å². The first-order valence-electron chi connectivity index (χ1n) is 15.5. The maximum absolute atomic E-state index is 11.7.